The van der Waals surface area contributed by atoms with E-state index < -0.39 is 5.97 Å². The molecular formula is C15H15NO3. The molecule has 0 saturated carbocycles. The lowest BCUT2D eigenvalue weighted by atomic mass is 10.1. The number of para-hydroxylation sites is 1. The summed E-state index contributed by atoms with van der Waals surface area (Å²) >= 11 is 0. The van der Waals surface area contributed by atoms with E-state index >= 15 is 0 Å². The summed E-state index contributed by atoms with van der Waals surface area (Å²) in [6.45, 7) is 1.08. The van der Waals surface area contributed by atoms with Gasteiger partial charge in [0, 0.05) is 18.7 Å². The Morgan fingerprint density at radius 2 is 1.84 bits per heavy atom. The van der Waals surface area contributed by atoms with Gasteiger partial charge in [-0.3, -0.25) is 0 Å². The molecule has 0 unspecified atom stereocenters. The van der Waals surface area contributed by atoms with E-state index in [1.54, 1.807) is 30.3 Å². The predicted octanol–water partition coefficient (Wildman–Crippen LogP) is 2.38. The summed E-state index contributed by atoms with van der Waals surface area (Å²) < 4.78 is 0. The Bertz CT molecular complexity index is 581. The highest BCUT2D eigenvalue weighted by atomic mass is 16.4. The third-order valence-electron chi connectivity index (χ3n) is 2.81. The lowest BCUT2D eigenvalue weighted by Crippen LogP contribution is -2.13. The first-order valence-corrected chi connectivity index (χ1v) is 5.96. The summed E-state index contributed by atoms with van der Waals surface area (Å²) in [4.78, 5) is 10.8. The van der Waals surface area contributed by atoms with E-state index in [2.05, 4.69) is 5.32 Å². The van der Waals surface area contributed by atoms with Crippen molar-refractivity contribution in [1.29, 1.82) is 0 Å². The molecule has 0 atom stereocenters. The van der Waals surface area contributed by atoms with E-state index in [9.17, 15) is 9.90 Å². The van der Waals surface area contributed by atoms with Crippen LogP contribution in [0, 0.1) is 0 Å². The van der Waals surface area contributed by atoms with Crippen LogP contribution >= 0.6 is 0 Å². The van der Waals surface area contributed by atoms with Crippen molar-refractivity contribution in [2.75, 3.05) is 0 Å². The molecule has 0 aliphatic carbocycles. The van der Waals surface area contributed by atoms with Crippen molar-refractivity contribution in [2.45, 2.75) is 13.1 Å². The Balaban J connectivity index is 1.94. The summed E-state index contributed by atoms with van der Waals surface area (Å²) in [7, 11) is 0. The third-order valence-corrected chi connectivity index (χ3v) is 2.81. The minimum atomic E-state index is -0.928. The molecule has 98 valence electrons. The number of rotatable bonds is 5. The Kier molecular flexibility index (Phi) is 4.15. The topological polar surface area (TPSA) is 69.6 Å². The van der Waals surface area contributed by atoms with E-state index in [4.69, 9.17) is 5.11 Å². The quantitative estimate of drug-likeness (QED) is 0.769. The van der Waals surface area contributed by atoms with Crippen LogP contribution in [0.25, 0.3) is 0 Å². The van der Waals surface area contributed by atoms with Crippen LogP contribution in [-0.2, 0) is 13.1 Å². The fourth-order valence-corrected chi connectivity index (χ4v) is 1.82. The van der Waals surface area contributed by atoms with E-state index in [1.165, 1.54) is 0 Å². The second-order valence-electron chi connectivity index (χ2n) is 4.24. The van der Waals surface area contributed by atoms with Crippen LogP contribution in [0.4, 0.5) is 0 Å². The van der Waals surface area contributed by atoms with Gasteiger partial charge in [0.2, 0.25) is 0 Å². The number of nitrogens with one attached hydrogen (secondary N) is 1. The molecule has 0 heterocycles. The molecule has 2 aromatic rings. The highest BCUT2D eigenvalue weighted by Gasteiger charge is 2.03. The van der Waals surface area contributed by atoms with Gasteiger partial charge >= 0.3 is 5.97 Å². The smallest absolute Gasteiger partial charge is 0.335 e. The van der Waals surface area contributed by atoms with E-state index in [-0.39, 0.29) is 11.3 Å². The Morgan fingerprint density at radius 3 is 2.58 bits per heavy atom. The average Bonchev–Trinajstić information content (AvgIpc) is 2.41. The van der Waals surface area contributed by atoms with Crippen LogP contribution in [0.5, 0.6) is 5.75 Å². The van der Waals surface area contributed by atoms with Crippen LogP contribution in [-0.4, -0.2) is 16.2 Å². The van der Waals surface area contributed by atoms with Gasteiger partial charge in [0.25, 0.3) is 0 Å². The predicted molar refractivity (Wildman–Crippen MR) is 72.1 cm³/mol. The van der Waals surface area contributed by atoms with Gasteiger partial charge in [-0.1, -0.05) is 30.3 Å². The average molecular weight is 257 g/mol. The Labute approximate surface area is 111 Å². The minimum Gasteiger partial charge on any atom is -0.508 e. The summed E-state index contributed by atoms with van der Waals surface area (Å²) in [5, 5.41) is 21.7. The van der Waals surface area contributed by atoms with Crippen molar-refractivity contribution < 1.29 is 15.0 Å². The first kappa shape index (κ1) is 13.1. The normalized spacial score (nSPS) is 10.3. The van der Waals surface area contributed by atoms with Crippen LogP contribution in [0.2, 0.25) is 0 Å². The molecule has 0 amide bonds. The van der Waals surface area contributed by atoms with E-state index in [0.717, 1.165) is 11.1 Å². The zero-order chi connectivity index (χ0) is 13.7. The number of phenols is 1. The van der Waals surface area contributed by atoms with E-state index in [0.29, 0.717) is 13.1 Å². The molecule has 0 saturated heterocycles. The van der Waals surface area contributed by atoms with Gasteiger partial charge < -0.3 is 15.5 Å². The summed E-state index contributed by atoms with van der Waals surface area (Å²) in [5.74, 6) is -0.670. The van der Waals surface area contributed by atoms with E-state index in [1.807, 2.05) is 18.2 Å². The maximum Gasteiger partial charge on any atom is 0.335 e. The van der Waals surface area contributed by atoms with Crippen molar-refractivity contribution in [3.63, 3.8) is 0 Å². The van der Waals surface area contributed by atoms with Gasteiger partial charge in [0.05, 0.1) is 5.56 Å². The number of phenolic OH excluding ortho intramolecular Hbond substituents is 1. The standard InChI is InChI=1S/C15H15NO3/c17-14-7-2-1-5-13(14)10-16-9-11-4-3-6-12(8-11)15(18)19/h1-8,16-17H,9-10H2,(H,18,19). The van der Waals surface area contributed by atoms with Crippen LogP contribution in [0.15, 0.2) is 48.5 Å². The van der Waals surface area contributed by atoms with Crippen LogP contribution in [0.3, 0.4) is 0 Å². The Hall–Kier alpha value is -2.33. The minimum absolute atomic E-state index is 0.259. The van der Waals surface area contributed by atoms with Crippen molar-refractivity contribution in [2.24, 2.45) is 0 Å². The van der Waals surface area contributed by atoms with Crippen molar-refractivity contribution >= 4 is 5.97 Å². The number of benzene rings is 2. The highest BCUT2D eigenvalue weighted by molar-refractivity contribution is 5.87. The fraction of sp³-hybridized carbons (Fsp3) is 0.133. The molecule has 2 aromatic carbocycles. The Morgan fingerprint density at radius 1 is 1.05 bits per heavy atom. The molecule has 4 nitrogen and oxygen atoms in total. The lowest BCUT2D eigenvalue weighted by molar-refractivity contribution is 0.0696. The van der Waals surface area contributed by atoms with Gasteiger partial charge in [0.1, 0.15) is 5.75 Å². The third kappa shape index (κ3) is 3.56. The molecular weight excluding hydrogens is 242 g/mol. The summed E-state index contributed by atoms with van der Waals surface area (Å²) in [6, 6.07) is 13.9. The molecule has 0 aromatic heterocycles. The molecule has 0 aliphatic heterocycles. The zero-order valence-corrected chi connectivity index (χ0v) is 10.3. The largest absolute Gasteiger partial charge is 0.508 e. The molecule has 19 heavy (non-hydrogen) atoms. The van der Waals surface area contributed by atoms with Gasteiger partial charge in [-0.05, 0) is 23.8 Å². The number of hydrogen-bond donors (Lipinski definition) is 3. The fourth-order valence-electron chi connectivity index (χ4n) is 1.82. The second kappa shape index (κ2) is 6.02. The molecule has 2 rings (SSSR count). The van der Waals surface area contributed by atoms with Crippen LogP contribution in [0.1, 0.15) is 21.5 Å². The number of carboxylic acid groups (broad SMARTS) is 1. The highest BCUT2D eigenvalue weighted by Crippen LogP contribution is 2.15. The molecule has 3 N–H and O–H groups in total. The SMILES string of the molecule is O=C(O)c1cccc(CNCc2ccccc2O)c1. The van der Waals surface area contributed by atoms with Crippen molar-refractivity contribution in [3.05, 3.63) is 65.2 Å². The van der Waals surface area contributed by atoms with Gasteiger partial charge in [-0.25, -0.2) is 4.79 Å². The summed E-state index contributed by atoms with van der Waals surface area (Å²) in [6.07, 6.45) is 0. The molecule has 4 heteroatoms. The maximum absolute atomic E-state index is 10.8. The van der Waals surface area contributed by atoms with Gasteiger partial charge in [0.15, 0.2) is 0 Å². The van der Waals surface area contributed by atoms with Gasteiger partial charge in [-0.2, -0.15) is 0 Å². The molecule has 0 radical (unpaired) electrons. The number of hydrogen-bond acceptors (Lipinski definition) is 3. The molecule has 0 fully saturated rings. The molecule has 0 bridgehead atoms. The first-order valence-electron chi connectivity index (χ1n) is 5.96. The number of aromatic hydroxyl groups is 1. The molecule has 0 aliphatic rings. The second-order valence-corrected chi connectivity index (χ2v) is 4.24. The van der Waals surface area contributed by atoms with Crippen LogP contribution < -0.4 is 5.32 Å². The lowest BCUT2D eigenvalue weighted by Gasteiger charge is -2.07. The number of aromatic carboxylic acids is 1. The van der Waals surface area contributed by atoms with Crippen molar-refractivity contribution in [1.82, 2.24) is 5.32 Å². The monoisotopic (exact) mass is 257 g/mol. The van der Waals surface area contributed by atoms with Crippen molar-refractivity contribution in [3.8, 4) is 5.75 Å². The molecule has 0 spiro atoms. The number of carbonyl (C=O) groups is 1. The maximum atomic E-state index is 10.8. The first-order chi connectivity index (χ1) is 9.16. The van der Waals surface area contributed by atoms with Gasteiger partial charge in [-0.15, -0.1) is 0 Å². The number of carboxylic acids is 1. The zero-order valence-electron chi connectivity index (χ0n) is 10.3. The summed E-state index contributed by atoms with van der Waals surface area (Å²) in [5.41, 5.74) is 1.99.